The van der Waals surface area contributed by atoms with Crippen LogP contribution in [0.2, 0.25) is 0 Å². The molecule has 1 aliphatic rings. The first-order valence-corrected chi connectivity index (χ1v) is 11.0. The largest absolute Gasteiger partial charge is 0.472 e. The lowest BCUT2D eigenvalue weighted by Crippen LogP contribution is -2.29. The molecule has 0 aromatic carbocycles. The third kappa shape index (κ3) is 4.33. The molecule has 1 fully saturated rings. The third-order valence-electron chi connectivity index (χ3n) is 5.06. The van der Waals surface area contributed by atoms with E-state index in [2.05, 4.69) is 47.6 Å². The Morgan fingerprint density at radius 1 is 1.50 bits per heavy atom. The summed E-state index contributed by atoms with van der Waals surface area (Å²) < 4.78 is 8.54. The molecule has 1 atom stereocenters. The molecule has 0 saturated carbocycles. The van der Waals surface area contributed by atoms with Gasteiger partial charge in [-0.2, -0.15) is 4.98 Å². The second-order valence-corrected chi connectivity index (χ2v) is 9.26. The molecule has 8 heteroatoms. The zero-order valence-corrected chi connectivity index (χ0v) is 18.4. The van der Waals surface area contributed by atoms with Crippen LogP contribution in [0.15, 0.2) is 37.2 Å². The molecule has 1 N–H and O–H groups in total. The summed E-state index contributed by atoms with van der Waals surface area (Å²) >= 11 is 1.59. The smallest absolute Gasteiger partial charge is 0.246 e. The van der Waals surface area contributed by atoms with Crippen molar-refractivity contribution in [1.82, 2.24) is 19.4 Å². The lowest BCUT2D eigenvalue weighted by molar-refractivity contribution is -0.125. The Morgan fingerprint density at radius 2 is 2.33 bits per heavy atom. The van der Waals surface area contributed by atoms with Crippen LogP contribution in [0, 0.1) is 12.8 Å². The van der Waals surface area contributed by atoms with E-state index in [9.17, 15) is 4.79 Å². The van der Waals surface area contributed by atoms with Crippen molar-refractivity contribution in [2.75, 3.05) is 18.4 Å². The minimum Gasteiger partial charge on any atom is -0.472 e. The van der Waals surface area contributed by atoms with E-state index in [1.165, 1.54) is 6.08 Å². The number of anilines is 2. The molecule has 3 aromatic heterocycles. The Kier molecular flexibility index (Phi) is 5.76. The van der Waals surface area contributed by atoms with Gasteiger partial charge in [-0.3, -0.25) is 4.79 Å². The zero-order chi connectivity index (χ0) is 21.3. The van der Waals surface area contributed by atoms with Gasteiger partial charge in [0.2, 0.25) is 11.8 Å². The summed E-state index contributed by atoms with van der Waals surface area (Å²) in [6.45, 7) is 12.1. The van der Waals surface area contributed by atoms with Crippen LogP contribution in [-0.4, -0.2) is 44.5 Å². The number of nitrogens with one attached hydrogen (secondary N) is 1. The Hall–Kier alpha value is -2.87. The van der Waals surface area contributed by atoms with Gasteiger partial charge in [-0.05, 0) is 25.0 Å². The first-order chi connectivity index (χ1) is 14.4. The van der Waals surface area contributed by atoms with Crippen LogP contribution in [-0.2, 0) is 11.3 Å². The second kappa shape index (κ2) is 8.47. The quantitative estimate of drug-likeness (QED) is 0.569. The molecule has 1 unspecified atom stereocenters. The molecule has 1 aliphatic heterocycles. The standard InChI is InChI=1S/C22H27N5O2S/c1-5-20(28)27-8-6-16(13-27)29-21-17-7-9-26(12-14(2)3)18(17)10-19(24-21)25-22-23-11-15(4)30-22/h5,7,9-11,14,16H,1,6,8,12-13H2,2-4H3,(H,23,24,25). The number of carbonyl (C=O) groups is 1. The normalized spacial score (nSPS) is 16.4. The maximum Gasteiger partial charge on any atom is 0.246 e. The molecule has 0 radical (unpaired) electrons. The molecule has 0 aliphatic carbocycles. The number of aryl methyl sites for hydroxylation is 1. The first kappa shape index (κ1) is 20.4. The molecule has 1 amide bonds. The van der Waals surface area contributed by atoms with Gasteiger partial charge in [-0.1, -0.05) is 20.4 Å². The van der Waals surface area contributed by atoms with Gasteiger partial charge in [0.05, 0.1) is 17.4 Å². The number of thiazole rings is 1. The average Bonchev–Trinajstić information content (AvgIpc) is 3.42. The van der Waals surface area contributed by atoms with Crippen molar-refractivity contribution >= 4 is 39.1 Å². The summed E-state index contributed by atoms with van der Waals surface area (Å²) in [7, 11) is 0. The number of carbonyl (C=O) groups excluding carboxylic acids is 1. The van der Waals surface area contributed by atoms with Gasteiger partial charge in [0.1, 0.15) is 11.9 Å². The zero-order valence-electron chi connectivity index (χ0n) is 17.6. The van der Waals surface area contributed by atoms with E-state index in [1.54, 1.807) is 16.2 Å². The molecule has 0 bridgehead atoms. The molecular formula is C22H27N5O2S. The topological polar surface area (TPSA) is 72.3 Å². The molecule has 0 spiro atoms. The molecule has 4 heterocycles. The molecule has 1 saturated heterocycles. The van der Waals surface area contributed by atoms with Gasteiger partial charge in [-0.15, -0.1) is 11.3 Å². The fraction of sp³-hybridized carbons (Fsp3) is 0.409. The highest BCUT2D eigenvalue weighted by molar-refractivity contribution is 7.15. The van der Waals surface area contributed by atoms with Crippen molar-refractivity contribution in [2.45, 2.75) is 39.8 Å². The number of rotatable bonds is 7. The van der Waals surface area contributed by atoms with Crippen LogP contribution in [0.3, 0.4) is 0 Å². The third-order valence-corrected chi connectivity index (χ3v) is 5.89. The summed E-state index contributed by atoms with van der Waals surface area (Å²) in [5.74, 6) is 1.75. The Morgan fingerprint density at radius 3 is 3.03 bits per heavy atom. The monoisotopic (exact) mass is 425 g/mol. The van der Waals surface area contributed by atoms with Crippen LogP contribution in [0.4, 0.5) is 10.9 Å². The number of likely N-dealkylation sites (tertiary alicyclic amines) is 1. The van der Waals surface area contributed by atoms with Gasteiger partial charge >= 0.3 is 0 Å². The molecule has 3 aromatic rings. The van der Waals surface area contributed by atoms with E-state index in [0.29, 0.717) is 30.7 Å². The highest BCUT2D eigenvalue weighted by atomic mass is 32.1. The number of ether oxygens (including phenoxy) is 1. The fourth-order valence-electron chi connectivity index (χ4n) is 3.70. The summed E-state index contributed by atoms with van der Waals surface area (Å²) in [6, 6.07) is 4.10. The minimum absolute atomic E-state index is 0.0585. The van der Waals surface area contributed by atoms with Crippen molar-refractivity contribution in [2.24, 2.45) is 5.92 Å². The number of aromatic nitrogens is 3. The number of hydrogen-bond donors (Lipinski definition) is 1. The maximum absolute atomic E-state index is 11.9. The van der Waals surface area contributed by atoms with Gasteiger partial charge in [0.15, 0.2) is 5.13 Å². The van der Waals surface area contributed by atoms with Crippen molar-refractivity contribution in [3.63, 3.8) is 0 Å². The molecular weight excluding hydrogens is 398 g/mol. The molecule has 4 rings (SSSR count). The summed E-state index contributed by atoms with van der Waals surface area (Å²) in [4.78, 5) is 23.9. The van der Waals surface area contributed by atoms with Gasteiger partial charge < -0.3 is 19.5 Å². The SMILES string of the molecule is C=CC(=O)N1CCC(Oc2nc(Nc3ncc(C)s3)cc3c2ccn3CC(C)C)C1. The van der Waals surface area contributed by atoms with Crippen LogP contribution in [0.1, 0.15) is 25.1 Å². The van der Waals surface area contributed by atoms with Crippen molar-refractivity contribution in [1.29, 1.82) is 0 Å². The highest BCUT2D eigenvalue weighted by Gasteiger charge is 2.27. The molecule has 30 heavy (non-hydrogen) atoms. The Bertz CT molecular complexity index is 1070. The summed E-state index contributed by atoms with van der Waals surface area (Å²) in [5.41, 5.74) is 1.07. The number of fused-ring (bicyclic) bond motifs is 1. The first-order valence-electron chi connectivity index (χ1n) is 10.2. The van der Waals surface area contributed by atoms with E-state index < -0.39 is 0 Å². The molecule has 158 valence electrons. The van der Waals surface area contributed by atoms with Crippen molar-refractivity contribution in [3.8, 4) is 5.88 Å². The van der Waals surface area contributed by atoms with E-state index >= 15 is 0 Å². The van der Waals surface area contributed by atoms with Gasteiger partial charge in [-0.25, -0.2) is 4.98 Å². The Balaban J connectivity index is 1.65. The molecule has 7 nitrogen and oxygen atoms in total. The van der Waals surface area contributed by atoms with Crippen molar-refractivity contribution in [3.05, 3.63) is 42.1 Å². The van der Waals surface area contributed by atoms with Crippen LogP contribution in [0.5, 0.6) is 5.88 Å². The van der Waals surface area contributed by atoms with E-state index in [4.69, 9.17) is 9.72 Å². The predicted octanol–water partition coefficient (Wildman–Crippen LogP) is 4.37. The maximum atomic E-state index is 11.9. The van der Waals surface area contributed by atoms with Crippen LogP contribution in [0.25, 0.3) is 10.9 Å². The van der Waals surface area contributed by atoms with E-state index in [1.807, 2.05) is 19.2 Å². The summed E-state index contributed by atoms with van der Waals surface area (Å²) in [5, 5.41) is 5.09. The lowest BCUT2D eigenvalue weighted by Gasteiger charge is -2.17. The lowest BCUT2D eigenvalue weighted by atomic mass is 10.2. The second-order valence-electron chi connectivity index (χ2n) is 8.03. The van der Waals surface area contributed by atoms with E-state index in [-0.39, 0.29) is 12.0 Å². The van der Waals surface area contributed by atoms with E-state index in [0.717, 1.165) is 33.9 Å². The number of amides is 1. The number of pyridine rings is 1. The summed E-state index contributed by atoms with van der Waals surface area (Å²) in [6.07, 6.45) is 5.97. The Labute approximate surface area is 180 Å². The number of nitrogens with zero attached hydrogens (tertiary/aromatic N) is 4. The van der Waals surface area contributed by atoms with Gasteiger partial charge in [0, 0.05) is 42.8 Å². The number of hydrogen-bond acceptors (Lipinski definition) is 6. The average molecular weight is 426 g/mol. The minimum atomic E-state index is -0.0876. The highest BCUT2D eigenvalue weighted by Crippen LogP contribution is 2.32. The van der Waals surface area contributed by atoms with Gasteiger partial charge in [0.25, 0.3) is 0 Å². The fourth-order valence-corrected chi connectivity index (χ4v) is 4.37. The van der Waals surface area contributed by atoms with Crippen molar-refractivity contribution < 1.29 is 9.53 Å². The predicted molar refractivity (Wildman–Crippen MR) is 121 cm³/mol. The van der Waals surface area contributed by atoms with Crippen LogP contribution < -0.4 is 10.1 Å². The van der Waals surface area contributed by atoms with Crippen LogP contribution >= 0.6 is 11.3 Å².